The Morgan fingerprint density at radius 1 is 1.12 bits per heavy atom. The molecule has 0 aliphatic heterocycles. The second-order valence-electron chi connectivity index (χ2n) is 5.49. The molecule has 3 aromatic rings. The van der Waals surface area contributed by atoms with E-state index in [-0.39, 0.29) is 5.82 Å². The summed E-state index contributed by atoms with van der Waals surface area (Å²) in [5, 5.41) is 22.7. The first-order chi connectivity index (χ1) is 11.6. The van der Waals surface area contributed by atoms with Crippen molar-refractivity contribution in [3.05, 3.63) is 65.0 Å². The van der Waals surface area contributed by atoms with E-state index in [0.717, 1.165) is 16.8 Å². The molecule has 1 aromatic heterocycles. The van der Waals surface area contributed by atoms with Crippen molar-refractivity contribution in [3.8, 4) is 5.69 Å². The molecule has 0 aliphatic rings. The molecule has 0 saturated heterocycles. The number of rotatable bonds is 5. The Bertz CT molecular complexity index is 815. The number of aromatic nitrogens is 4. The number of benzene rings is 2. The minimum absolute atomic E-state index is 0.322. The number of nitrogens with zero attached hydrogens (tertiary/aromatic N) is 4. The van der Waals surface area contributed by atoms with Gasteiger partial charge in [0, 0.05) is 5.75 Å². The predicted octanol–water partition coefficient (Wildman–Crippen LogP) is 3.24. The molecule has 24 heavy (non-hydrogen) atoms. The molecule has 1 atom stereocenters. The van der Waals surface area contributed by atoms with Crippen LogP contribution in [0.1, 0.15) is 22.8 Å². The number of aliphatic hydroxyl groups excluding tert-OH is 1. The Labute approximate surface area is 143 Å². The molecule has 0 saturated carbocycles. The van der Waals surface area contributed by atoms with Gasteiger partial charge in [-0.1, -0.05) is 42.1 Å². The van der Waals surface area contributed by atoms with Gasteiger partial charge >= 0.3 is 0 Å². The van der Waals surface area contributed by atoms with Crippen LogP contribution in [0.5, 0.6) is 0 Å². The lowest BCUT2D eigenvalue weighted by molar-refractivity contribution is 0.204. The summed E-state index contributed by atoms with van der Waals surface area (Å²) in [5.41, 5.74) is 3.75. The van der Waals surface area contributed by atoms with Gasteiger partial charge in [0.25, 0.3) is 0 Å². The van der Waals surface area contributed by atoms with Crippen molar-refractivity contribution in [2.45, 2.75) is 25.1 Å². The molecule has 0 bridgehead atoms. The lowest BCUT2D eigenvalue weighted by Crippen LogP contribution is -2.06. The minimum atomic E-state index is -0.723. The van der Waals surface area contributed by atoms with Crippen LogP contribution in [0.4, 0.5) is 4.39 Å². The molecule has 7 heteroatoms. The molecule has 0 amide bonds. The summed E-state index contributed by atoms with van der Waals surface area (Å²) in [6.45, 7) is 4.01. The molecule has 0 spiro atoms. The smallest absolute Gasteiger partial charge is 0.214 e. The second kappa shape index (κ2) is 7.11. The average molecular weight is 344 g/mol. The van der Waals surface area contributed by atoms with E-state index < -0.39 is 6.10 Å². The van der Waals surface area contributed by atoms with Gasteiger partial charge in [0.1, 0.15) is 5.82 Å². The summed E-state index contributed by atoms with van der Waals surface area (Å²) in [6.07, 6.45) is -0.723. The fourth-order valence-electron chi connectivity index (χ4n) is 2.48. The number of aryl methyl sites for hydroxylation is 2. The van der Waals surface area contributed by atoms with Gasteiger partial charge in [0.2, 0.25) is 5.16 Å². The van der Waals surface area contributed by atoms with E-state index in [1.54, 1.807) is 16.8 Å². The molecule has 3 rings (SSSR count). The number of aliphatic hydroxyl groups is 1. The van der Waals surface area contributed by atoms with Crippen molar-refractivity contribution in [3.63, 3.8) is 0 Å². The van der Waals surface area contributed by atoms with E-state index in [1.807, 2.05) is 32.0 Å². The largest absolute Gasteiger partial charge is 0.388 e. The van der Waals surface area contributed by atoms with E-state index in [9.17, 15) is 9.50 Å². The number of halogens is 1. The highest BCUT2D eigenvalue weighted by Gasteiger charge is 2.16. The van der Waals surface area contributed by atoms with Crippen LogP contribution in [0.25, 0.3) is 5.69 Å². The van der Waals surface area contributed by atoms with Crippen LogP contribution < -0.4 is 0 Å². The highest BCUT2D eigenvalue weighted by molar-refractivity contribution is 7.99. The standard InChI is InChI=1S/C17H17FN4OS/c1-11-4-3-5-12(2)16(11)22-17(19-20-21-22)24-10-15(23)13-6-8-14(18)9-7-13/h3-9,15,23H,10H2,1-2H3. The highest BCUT2D eigenvalue weighted by atomic mass is 32.2. The molecule has 124 valence electrons. The Morgan fingerprint density at radius 3 is 2.46 bits per heavy atom. The third kappa shape index (κ3) is 3.47. The molecule has 1 unspecified atom stereocenters. The quantitative estimate of drug-likeness (QED) is 0.720. The molecule has 1 N–H and O–H groups in total. The summed E-state index contributed by atoms with van der Waals surface area (Å²) >= 11 is 1.36. The Kier molecular flexibility index (Phi) is 4.92. The first-order valence-corrected chi connectivity index (χ1v) is 8.46. The minimum Gasteiger partial charge on any atom is -0.388 e. The zero-order valence-electron chi connectivity index (χ0n) is 13.3. The molecule has 1 heterocycles. The number of thioether (sulfide) groups is 1. The van der Waals surface area contributed by atoms with Gasteiger partial charge in [-0.05, 0) is 53.1 Å². The molecule has 2 aromatic carbocycles. The van der Waals surface area contributed by atoms with Crippen molar-refractivity contribution >= 4 is 11.8 Å². The Hall–Kier alpha value is -2.25. The first kappa shape index (κ1) is 16.6. The third-order valence-corrected chi connectivity index (χ3v) is 4.71. The summed E-state index contributed by atoms with van der Waals surface area (Å²) < 4.78 is 14.6. The molecule has 0 fully saturated rings. The van der Waals surface area contributed by atoms with Crippen LogP contribution in [0.3, 0.4) is 0 Å². The van der Waals surface area contributed by atoms with Crippen LogP contribution in [0.2, 0.25) is 0 Å². The maximum atomic E-state index is 13.0. The highest BCUT2D eigenvalue weighted by Crippen LogP contribution is 2.26. The van der Waals surface area contributed by atoms with E-state index in [1.165, 1.54) is 23.9 Å². The Balaban J connectivity index is 1.78. The van der Waals surface area contributed by atoms with Crippen LogP contribution in [-0.4, -0.2) is 31.1 Å². The maximum absolute atomic E-state index is 13.0. The number of hydrogen-bond acceptors (Lipinski definition) is 5. The number of hydrogen-bond donors (Lipinski definition) is 1. The van der Waals surface area contributed by atoms with Gasteiger partial charge in [-0.2, -0.15) is 4.68 Å². The summed E-state index contributed by atoms with van der Waals surface area (Å²) in [4.78, 5) is 0. The number of tetrazole rings is 1. The van der Waals surface area contributed by atoms with Gasteiger partial charge in [-0.25, -0.2) is 4.39 Å². The monoisotopic (exact) mass is 344 g/mol. The van der Waals surface area contributed by atoms with Gasteiger partial charge in [0.05, 0.1) is 11.8 Å². The number of para-hydroxylation sites is 1. The van der Waals surface area contributed by atoms with Gasteiger partial charge in [0.15, 0.2) is 0 Å². The molecule has 5 nitrogen and oxygen atoms in total. The van der Waals surface area contributed by atoms with Crippen LogP contribution in [0, 0.1) is 19.7 Å². The zero-order valence-corrected chi connectivity index (χ0v) is 14.2. The first-order valence-electron chi connectivity index (χ1n) is 7.47. The van der Waals surface area contributed by atoms with Crippen molar-refractivity contribution in [1.29, 1.82) is 0 Å². The summed E-state index contributed by atoms with van der Waals surface area (Å²) in [7, 11) is 0. The third-order valence-electron chi connectivity index (χ3n) is 3.72. The molecular weight excluding hydrogens is 327 g/mol. The fourth-order valence-corrected chi connectivity index (χ4v) is 3.33. The molecule has 0 radical (unpaired) electrons. The van der Waals surface area contributed by atoms with Gasteiger partial charge in [-0.15, -0.1) is 5.10 Å². The zero-order chi connectivity index (χ0) is 17.1. The Morgan fingerprint density at radius 2 is 1.79 bits per heavy atom. The van der Waals surface area contributed by atoms with Gasteiger partial charge in [-0.3, -0.25) is 0 Å². The van der Waals surface area contributed by atoms with Crippen molar-refractivity contribution in [2.75, 3.05) is 5.75 Å². The fraction of sp³-hybridized carbons (Fsp3) is 0.235. The SMILES string of the molecule is Cc1cccc(C)c1-n1nnnc1SCC(O)c1ccc(F)cc1. The maximum Gasteiger partial charge on any atom is 0.214 e. The second-order valence-corrected chi connectivity index (χ2v) is 6.48. The summed E-state index contributed by atoms with van der Waals surface area (Å²) in [6, 6.07) is 11.8. The van der Waals surface area contributed by atoms with Crippen LogP contribution >= 0.6 is 11.8 Å². The predicted molar refractivity (Wildman–Crippen MR) is 90.7 cm³/mol. The van der Waals surface area contributed by atoms with E-state index >= 15 is 0 Å². The van der Waals surface area contributed by atoms with Crippen molar-refractivity contribution in [2.24, 2.45) is 0 Å². The van der Waals surface area contributed by atoms with Crippen LogP contribution in [0.15, 0.2) is 47.6 Å². The molecular formula is C17H17FN4OS. The van der Waals surface area contributed by atoms with E-state index in [4.69, 9.17) is 0 Å². The van der Waals surface area contributed by atoms with E-state index in [0.29, 0.717) is 16.5 Å². The lowest BCUT2D eigenvalue weighted by atomic mass is 10.1. The lowest BCUT2D eigenvalue weighted by Gasteiger charge is -2.12. The van der Waals surface area contributed by atoms with Crippen molar-refractivity contribution < 1.29 is 9.50 Å². The van der Waals surface area contributed by atoms with Crippen LogP contribution in [-0.2, 0) is 0 Å². The summed E-state index contributed by atoms with van der Waals surface area (Å²) in [5.74, 6) is 0.0503. The normalized spacial score (nSPS) is 12.3. The van der Waals surface area contributed by atoms with Crippen molar-refractivity contribution in [1.82, 2.24) is 20.2 Å². The molecule has 0 aliphatic carbocycles. The van der Waals surface area contributed by atoms with Gasteiger partial charge < -0.3 is 5.11 Å². The van der Waals surface area contributed by atoms with E-state index in [2.05, 4.69) is 15.5 Å². The average Bonchev–Trinajstić information content (AvgIpc) is 3.01. The topological polar surface area (TPSA) is 63.8 Å².